The van der Waals surface area contributed by atoms with Crippen molar-refractivity contribution in [3.8, 4) is 0 Å². The van der Waals surface area contributed by atoms with E-state index in [2.05, 4.69) is 67.7 Å². The number of methoxy groups -OCH3 is 1. The molecule has 2 rings (SSSR count). The molecule has 42 heavy (non-hydrogen) atoms. The van der Waals surface area contributed by atoms with Crippen LogP contribution in [0.3, 0.4) is 0 Å². The third-order valence-electron chi connectivity index (χ3n) is 9.15. The number of benzene rings is 1. The molecule has 0 saturated carbocycles. The maximum absolute atomic E-state index is 12.7. The van der Waals surface area contributed by atoms with Crippen molar-refractivity contribution < 1.29 is 32.6 Å². The first-order valence-electron chi connectivity index (χ1n) is 15.4. The Morgan fingerprint density at radius 3 is 1.93 bits per heavy atom. The van der Waals surface area contributed by atoms with E-state index in [1.807, 2.05) is 51.1 Å². The number of hydrogen-bond donors (Lipinski definition) is 0. The summed E-state index contributed by atoms with van der Waals surface area (Å²) in [6, 6.07) is 10.0. The normalized spacial score (nSPS) is 23.2. The Balaban J connectivity index is 2.33. The first kappa shape index (κ1) is 37.1. The van der Waals surface area contributed by atoms with Crippen molar-refractivity contribution >= 4 is 22.6 Å². The van der Waals surface area contributed by atoms with Gasteiger partial charge in [0.1, 0.15) is 24.9 Å². The molecular weight excluding hydrogens is 565 g/mol. The van der Waals surface area contributed by atoms with E-state index < -0.39 is 34.3 Å². The summed E-state index contributed by atoms with van der Waals surface area (Å²) in [6.07, 6.45) is -1.13. The van der Waals surface area contributed by atoms with Crippen LogP contribution in [0, 0.1) is 5.41 Å². The zero-order valence-electron chi connectivity index (χ0n) is 29.0. The van der Waals surface area contributed by atoms with Crippen molar-refractivity contribution in [1.29, 1.82) is 0 Å². The number of esters is 1. The van der Waals surface area contributed by atoms with Crippen LogP contribution in [-0.4, -0.2) is 73.4 Å². The summed E-state index contributed by atoms with van der Waals surface area (Å²) in [5.41, 5.74) is 0.450. The van der Waals surface area contributed by atoms with Gasteiger partial charge in [0.25, 0.3) is 0 Å². The van der Waals surface area contributed by atoms with E-state index in [0.29, 0.717) is 19.6 Å². The van der Waals surface area contributed by atoms with Crippen molar-refractivity contribution in [2.45, 2.75) is 142 Å². The lowest BCUT2D eigenvalue weighted by Gasteiger charge is -2.42. The highest BCUT2D eigenvalue weighted by Gasteiger charge is 2.49. The maximum atomic E-state index is 12.7. The van der Waals surface area contributed by atoms with E-state index >= 15 is 0 Å². The molecular formula is C33H60O7Si2. The van der Waals surface area contributed by atoms with E-state index in [0.717, 1.165) is 5.56 Å². The number of carbonyl (C=O) groups is 1. The third kappa shape index (κ3) is 10.2. The van der Waals surface area contributed by atoms with E-state index in [9.17, 15) is 4.79 Å². The zero-order valence-corrected chi connectivity index (χ0v) is 31.0. The van der Waals surface area contributed by atoms with Crippen LogP contribution in [0.25, 0.3) is 0 Å². The molecule has 1 fully saturated rings. The highest BCUT2D eigenvalue weighted by molar-refractivity contribution is 6.74. The molecule has 0 spiro atoms. The van der Waals surface area contributed by atoms with Gasteiger partial charge in [-0.05, 0) is 62.6 Å². The molecule has 5 atom stereocenters. The minimum atomic E-state index is -2.12. The molecule has 5 unspecified atom stereocenters. The van der Waals surface area contributed by atoms with Gasteiger partial charge >= 0.3 is 5.97 Å². The van der Waals surface area contributed by atoms with Gasteiger partial charge < -0.3 is 27.8 Å². The number of ether oxygens (including phenoxy) is 4. The van der Waals surface area contributed by atoms with Crippen LogP contribution in [0.5, 0.6) is 0 Å². The van der Waals surface area contributed by atoms with E-state index in [1.165, 1.54) is 0 Å². The fourth-order valence-electron chi connectivity index (χ4n) is 4.28. The molecule has 9 heteroatoms. The molecule has 0 N–H and O–H groups in total. The molecule has 0 aliphatic carbocycles. The van der Waals surface area contributed by atoms with Gasteiger partial charge in [-0.2, -0.15) is 0 Å². The van der Waals surface area contributed by atoms with Gasteiger partial charge in [-0.3, -0.25) is 4.79 Å². The predicted octanol–water partition coefficient (Wildman–Crippen LogP) is 7.75. The minimum Gasteiger partial charge on any atom is -0.462 e. The fraction of sp³-hybridized carbons (Fsp3) is 0.788. The summed E-state index contributed by atoms with van der Waals surface area (Å²) in [5.74, 6) is -0.271. The average molecular weight is 625 g/mol. The molecule has 7 nitrogen and oxygen atoms in total. The van der Waals surface area contributed by atoms with Crippen LogP contribution in [0.4, 0.5) is 0 Å². The van der Waals surface area contributed by atoms with Crippen LogP contribution in [-0.2, 0) is 39.2 Å². The zero-order chi connectivity index (χ0) is 32.1. The van der Waals surface area contributed by atoms with Crippen molar-refractivity contribution in [1.82, 2.24) is 0 Å². The van der Waals surface area contributed by atoms with Crippen molar-refractivity contribution in [2.75, 3.05) is 20.3 Å². The SMILES string of the molecule is COC1C(CC(CO[Si](C)(C)C(C)(C)C)O[Si](C)(C)C(C)(C)C)OC(COC(=O)C(C)(C)C)C1OCc1ccccc1. The summed E-state index contributed by atoms with van der Waals surface area (Å²) in [7, 11) is -2.44. The highest BCUT2D eigenvalue weighted by Crippen LogP contribution is 2.40. The fourth-order valence-corrected chi connectivity index (χ4v) is 6.66. The quantitative estimate of drug-likeness (QED) is 0.164. The monoisotopic (exact) mass is 624 g/mol. The summed E-state index contributed by atoms with van der Waals surface area (Å²) in [4.78, 5) is 12.7. The van der Waals surface area contributed by atoms with E-state index in [1.54, 1.807) is 7.11 Å². The molecule has 0 bridgehead atoms. The van der Waals surface area contributed by atoms with Gasteiger partial charge in [-0.15, -0.1) is 0 Å². The van der Waals surface area contributed by atoms with Crippen LogP contribution >= 0.6 is 0 Å². The molecule has 1 saturated heterocycles. The Kier molecular flexibility index (Phi) is 12.7. The maximum Gasteiger partial charge on any atom is 0.311 e. The molecule has 0 radical (unpaired) electrons. The Labute approximate surface area is 258 Å². The molecule has 0 aromatic heterocycles. The van der Waals surface area contributed by atoms with E-state index in [4.69, 9.17) is 27.8 Å². The van der Waals surface area contributed by atoms with Gasteiger partial charge in [-0.1, -0.05) is 71.9 Å². The van der Waals surface area contributed by atoms with Gasteiger partial charge in [0.05, 0.1) is 30.8 Å². The summed E-state index contributed by atoms with van der Waals surface area (Å²) >= 11 is 0. The molecule has 1 aliphatic rings. The van der Waals surface area contributed by atoms with Crippen LogP contribution < -0.4 is 0 Å². The molecule has 1 aliphatic heterocycles. The lowest BCUT2D eigenvalue weighted by molar-refractivity contribution is -0.159. The highest BCUT2D eigenvalue weighted by atomic mass is 28.4. The summed E-state index contributed by atoms with van der Waals surface area (Å²) in [5, 5.41) is 0.135. The topological polar surface area (TPSA) is 72.5 Å². The third-order valence-corrected chi connectivity index (χ3v) is 18.2. The number of rotatable bonds is 13. The first-order valence-corrected chi connectivity index (χ1v) is 21.2. The standard InChI is InChI=1S/C33H60O7Si2/c1-31(2,3)30(34)37-23-27-29(36-21-24-18-16-15-17-19-24)28(35-10)26(39-27)20-25(40-42(13,14)33(7,8)9)22-38-41(11,12)32(4,5)6/h15-19,25-29H,20-23H2,1-14H3. The van der Waals surface area contributed by atoms with Crippen molar-refractivity contribution in [3.05, 3.63) is 35.9 Å². The molecule has 1 aromatic carbocycles. The van der Waals surface area contributed by atoms with Gasteiger partial charge in [0, 0.05) is 13.5 Å². The summed E-state index contributed by atoms with van der Waals surface area (Å²) < 4.78 is 38.6. The Hall–Kier alpha value is -1.08. The molecule has 0 amide bonds. The van der Waals surface area contributed by atoms with Crippen LogP contribution in [0.1, 0.15) is 74.3 Å². The lowest BCUT2D eigenvalue weighted by Crippen LogP contribution is -2.49. The lowest BCUT2D eigenvalue weighted by atomic mass is 9.97. The second-order valence-electron chi connectivity index (χ2n) is 15.8. The average Bonchev–Trinajstić information content (AvgIpc) is 3.18. The van der Waals surface area contributed by atoms with Gasteiger partial charge in [0.15, 0.2) is 16.6 Å². The number of carbonyl (C=O) groups excluding carboxylic acids is 1. The largest absolute Gasteiger partial charge is 0.462 e. The molecule has 1 heterocycles. The van der Waals surface area contributed by atoms with Gasteiger partial charge in [0.2, 0.25) is 0 Å². The number of hydrogen-bond acceptors (Lipinski definition) is 7. The Morgan fingerprint density at radius 1 is 0.857 bits per heavy atom. The Bertz CT molecular complexity index is 977. The second-order valence-corrected chi connectivity index (χ2v) is 25.4. The van der Waals surface area contributed by atoms with Crippen molar-refractivity contribution in [3.63, 3.8) is 0 Å². The summed E-state index contributed by atoms with van der Waals surface area (Å²) in [6.45, 7) is 29.1. The molecule has 242 valence electrons. The first-order chi connectivity index (χ1) is 19.1. The van der Waals surface area contributed by atoms with E-state index in [-0.39, 0.29) is 41.0 Å². The minimum absolute atomic E-state index is 0.0461. The van der Waals surface area contributed by atoms with Gasteiger partial charge in [-0.25, -0.2) is 0 Å². The Morgan fingerprint density at radius 2 is 1.43 bits per heavy atom. The smallest absolute Gasteiger partial charge is 0.311 e. The van der Waals surface area contributed by atoms with Crippen molar-refractivity contribution in [2.24, 2.45) is 5.41 Å². The second kappa shape index (κ2) is 14.4. The van der Waals surface area contributed by atoms with Crippen LogP contribution in [0.2, 0.25) is 36.3 Å². The van der Waals surface area contributed by atoms with Crippen LogP contribution in [0.15, 0.2) is 30.3 Å². The predicted molar refractivity (Wildman–Crippen MR) is 175 cm³/mol. The molecule has 1 aromatic rings.